The second kappa shape index (κ2) is 9.86. The molecule has 0 bridgehead atoms. The lowest BCUT2D eigenvalue weighted by molar-refractivity contribution is 0.0250. The van der Waals surface area contributed by atoms with Gasteiger partial charge in [-0.1, -0.05) is 27.7 Å². The predicted molar refractivity (Wildman–Crippen MR) is 73.2 cm³/mol. The third-order valence-electron chi connectivity index (χ3n) is 2.64. The molecule has 2 N–H and O–H groups in total. The van der Waals surface area contributed by atoms with E-state index in [9.17, 15) is 5.11 Å². The van der Waals surface area contributed by atoms with E-state index < -0.39 is 6.10 Å². The van der Waals surface area contributed by atoms with Gasteiger partial charge >= 0.3 is 0 Å². The van der Waals surface area contributed by atoms with Crippen LogP contribution in [0, 0.1) is 11.8 Å². The average Bonchev–Trinajstić information content (AvgIpc) is 2.23. The summed E-state index contributed by atoms with van der Waals surface area (Å²) in [6.45, 7) is 12.6. The van der Waals surface area contributed by atoms with E-state index >= 15 is 0 Å². The molecular weight excluding hydrogens is 214 g/mol. The maximum atomic E-state index is 9.70. The van der Waals surface area contributed by atoms with Crippen molar-refractivity contribution in [2.75, 3.05) is 19.8 Å². The molecule has 0 rings (SSSR count). The Bertz CT molecular complexity index is 172. The average molecular weight is 245 g/mol. The molecule has 0 aliphatic rings. The molecular formula is C14H31NO2. The minimum absolute atomic E-state index is 0.393. The fourth-order valence-electron chi connectivity index (χ4n) is 1.52. The molecule has 2 atom stereocenters. The van der Waals surface area contributed by atoms with E-state index in [1.165, 1.54) is 6.42 Å². The summed E-state index contributed by atoms with van der Waals surface area (Å²) in [4.78, 5) is 0. The molecule has 17 heavy (non-hydrogen) atoms. The van der Waals surface area contributed by atoms with Crippen molar-refractivity contribution >= 4 is 0 Å². The molecule has 0 spiro atoms. The number of nitrogens with one attached hydrogen (secondary N) is 1. The van der Waals surface area contributed by atoms with Crippen LogP contribution in [0.1, 0.15) is 47.5 Å². The van der Waals surface area contributed by atoms with Crippen molar-refractivity contribution in [3.8, 4) is 0 Å². The summed E-state index contributed by atoms with van der Waals surface area (Å²) in [7, 11) is 0. The van der Waals surface area contributed by atoms with Crippen molar-refractivity contribution in [1.29, 1.82) is 0 Å². The first kappa shape index (κ1) is 16.9. The van der Waals surface area contributed by atoms with E-state index in [2.05, 4.69) is 39.9 Å². The predicted octanol–water partition coefficient (Wildman–Crippen LogP) is 2.43. The molecule has 0 heterocycles. The number of aliphatic hydroxyl groups is 1. The van der Waals surface area contributed by atoms with Gasteiger partial charge in [0.1, 0.15) is 0 Å². The molecule has 0 amide bonds. The van der Waals surface area contributed by atoms with E-state index in [0.29, 0.717) is 25.1 Å². The smallest absolute Gasteiger partial charge is 0.0897 e. The minimum Gasteiger partial charge on any atom is -0.389 e. The Morgan fingerprint density at radius 3 is 2.12 bits per heavy atom. The molecule has 0 fully saturated rings. The number of aliphatic hydroxyl groups excluding tert-OH is 1. The normalized spacial score (nSPS) is 15.5. The van der Waals surface area contributed by atoms with Crippen LogP contribution in [0.4, 0.5) is 0 Å². The first-order valence-electron chi connectivity index (χ1n) is 6.91. The Labute approximate surface area is 107 Å². The first-order chi connectivity index (χ1) is 7.91. The van der Waals surface area contributed by atoms with Crippen molar-refractivity contribution in [2.24, 2.45) is 11.8 Å². The number of hydrogen-bond donors (Lipinski definition) is 2. The van der Waals surface area contributed by atoms with Gasteiger partial charge in [-0.25, -0.2) is 0 Å². The van der Waals surface area contributed by atoms with Gasteiger partial charge in [-0.15, -0.1) is 0 Å². The van der Waals surface area contributed by atoms with E-state index in [1.54, 1.807) is 0 Å². The number of rotatable bonds is 10. The Balaban J connectivity index is 3.45. The summed E-state index contributed by atoms with van der Waals surface area (Å²) in [6, 6.07) is 0.470. The summed E-state index contributed by atoms with van der Waals surface area (Å²) in [6.07, 6.45) is 2.00. The second-order valence-corrected chi connectivity index (χ2v) is 5.87. The molecule has 0 aliphatic heterocycles. The van der Waals surface area contributed by atoms with Crippen LogP contribution < -0.4 is 5.32 Å². The number of ether oxygens (including phenoxy) is 1. The van der Waals surface area contributed by atoms with Crippen molar-refractivity contribution in [2.45, 2.75) is 59.6 Å². The van der Waals surface area contributed by atoms with Gasteiger partial charge < -0.3 is 15.2 Å². The largest absolute Gasteiger partial charge is 0.389 e. The van der Waals surface area contributed by atoms with Gasteiger partial charge in [-0.05, 0) is 31.6 Å². The zero-order valence-electron chi connectivity index (χ0n) is 12.2. The molecule has 104 valence electrons. The molecule has 0 saturated heterocycles. The lowest BCUT2D eigenvalue weighted by atomic mass is 10.0. The van der Waals surface area contributed by atoms with Gasteiger partial charge in [0.05, 0.1) is 12.7 Å². The van der Waals surface area contributed by atoms with Crippen molar-refractivity contribution in [1.82, 2.24) is 5.32 Å². The first-order valence-corrected chi connectivity index (χ1v) is 6.91. The van der Waals surface area contributed by atoms with Crippen LogP contribution in [0.15, 0.2) is 0 Å². The summed E-state index contributed by atoms with van der Waals surface area (Å²) in [5, 5.41) is 13.0. The van der Waals surface area contributed by atoms with E-state index in [1.807, 2.05) is 0 Å². The molecule has 3 nitrogen and oxygen atoms in total. The highest BCUT2D eigenvalue weighted by molar-refractivity contribution is 4.66. The zero-order valence-corrected chi connectivity index (χ0v) is 12.2. The summed E-state index contributed by atoms with van der Waals surface area (Å²) >= 11 is 0. The highest BCUT2D eigenvalue weighted by Crippen LogP contribution is 2.06. The highest BCUT2D eigenvalue weighted by Gasteiger charge is 2.08. The molecule has 3 heteroatoms. The Morgan fingerprint density at radius 2 is 1.59 bits per heavy atom. The monoisotopic (exact) mass is 245 g/mol. The van der Waals surface area contributed by atoms with Crippen LogP contribution >= 0.6 is 0 Å². The lowest BCUT2D eigenvalue weighted by Gasteiger charge is -2.18. The van der Waals surface area contributed by atoms with Crippen molar-refractivity contribution < 1.29 is 9.84 Å². The molecule has 0 unspecified atom stereocenters. The third-order valence-corrected chi connectivity index (χ3v) is 2.64. The van der Waals surface area contributed by atoms with E-state index in [0.717, 1.165) is 18.9 Å². The van der Waals surface area contributed by atoms with E-state index in [-0.39, 0.29) is 0 Å². The SMILES string of the molecule is CC(C)CC[C@@H](C)NC[C@@H](O)COCC(C)C. The summed E-state index contributed by atoms with van der Waals surface area (Å²) in [5.41, 5.74) is 0. The minimum atomic E-state index is -0.393. The molecule has 0 aromatic carbocycles. The Hall–Kier alpha value is -0.120. The lowest BCUT2D eigenvalue weighted by Crippen LogP contribution is -2.36. The second-order valence-electron chi connectivity index (χ2n) is 5.87. The summed E-state index contributed by atoms with van der Waals surface area (Å²) in [5.74, 6) is 1.28. The molecule has 0 saturated carbocycles. The maximum absolute atomic E-state index is 9.70. The van der Waals surface area contributed by atoms with Gasteiger partial charge in [-0.2, -0.15) is 0 Å². The van der Waals surface area contributed by atoms with Crippen LogP contribution in [0.3, 0.4) is 0 Å². The van der Waals surface area contributed by atoms with Crippen LogP contribution in [0.5, 0.6) is 0 Å². The molecule has 0 aromatic rings. The van der Waals surface area contributed by atoms with Gasteiger partial charge in [0, 0.05) is 19.2 Å². The fourth-order valence-corrected chi connectivity index (χ4v) is 1.52. The van der Waals surface area contributed by atoms with Gasteiger partial charge in [-0.3, -0.25) is 0 Å². The van der Waals surface area contributed by atoms with Crippen molar-refractivity contribution in [3.63, 3.8) is 0 Å². The summed E-state index contributed by atoms with van der Waals surface area (Å²) < 4.78 is 5.40. The number of hydrogen-bond acceptors (Lipinski definition) is 3. The standard InChI is InChI=1S/C14H31NO2/c1-11(2)6-7-13(5)15-8-14(16)10-17-9-12(3)4/h11-16H,6-10H2,1-5H3/t13-,14-/m1/s1. The Kier molecular flexibility index (Phi) is 9.79. The van der Waals surface area contributed by atoms with Gasteiger partial charge in [0.25, 0.3) is 0 Å². The fraction of sp³-hybridized carbons (Fsp3) is 1.00. The third kappa shape index (κ3) is 12.1. The van der Waals surface area contributed by atoms with Gasteiger partial charge in [0.15, 0.2) is 0 Å². The molecule has 0 aliphatic carbocycles. The van der Waals surface area contributed by atoms with E-state index in [4.69, 9.17) is 4.74 Å². The van der Waals surface area contributed by atoms with Crippen LogP contribution in [0.2, 0.25) is 0 Å². The molecule has 0 radical (unpaired) electrons. The quantitative estimate of drug-likeness (QED) is 0.621. The topological polar surface area (TPSA) is 41.5 Å². The van der Waals surface area contributed by atoms with Crippen LogP contribution in [-0.4, -0.2) is 37.0 Å². The molecule has 0 aromatic heterocycles. The van der Waals surface area contributed by atoms with Crippen LogP contribution in [-0.2, 0) is 4.74 Å². The van der Waals surface area contributed by atoms with Crippen LogP contribution in [0.25, 0.3) is 0 Å². The maximum Gasteiger partial charge on any atom is 0.0897 e. The Morgan fingerprint density at radius 1 is 0.941 bits per heavy atom. The van der Waals surface area contributed by atoms with Gasteiger partial charge in [0.2, 0.25) is 0 Å². The highest BCUT2D eigenvalue weighted by atomic mass is 16.5. The van der Waals surface area contributed by atoms with Crippen molar-refractivity contribution in [3.05, 3.63) is 0 Å². The zero-order chi connectivity index (χ0) is 13.3.